The van der Waals surface area contributed by atoms with Crippen molar-refractivity contribution in [2.45, 2.75) is 11.7 Å². The Morgan fingerprint density at radius 3 is 2.95 bits per heavy atom. The summed E-state index contributed by atoms with van der Waals surface area (Å²) < 4.78 is 6.13. The number of thiophene rings is 1. The minimum atomic E-state index is 0.0857. The van der Waals surface area contributed by atoms with Crippen LogP contribution in [0.3, 0.4) is 0 Å². The van der Waals surface area contributed by atoms with E-state index in [4.69, 9.17) is 16.0 Å². The lowest BCUT2D eigenvalue weighted by Crippen LogP contribution is -2.32. The zero-order valence-corrected chi connectivity index (χ0v) is 13.1. The van der Waals surface area contributed by atoms with Gasteiger partial charge in [0.25, 0.3) is 5.91 Å². The Labute approximate surface area is 130 Å². The maximum atomic E-state index is 12.4. The Bertz CT molecular complexity index is 582. The van der Waals surface area contributed by atoms with Gasteiger partial charge in [0.05, 0.1) is 20.7 Å². The Kier molecular flexibility index (Phi) is 4.38. The highest BCUT2D eigenvalue weighted by molar-refractivity contribution is 7.99. The molecule has 1 fully saturated rings. The predicted octanol–water partition coefficient (Wildman–Crippen LogP) is 4.31. The maximum absolute atomic E-state index is 12.4. The van der Waals surface area contributed by atoms with Gasteiger partial charge in [0.15, 0.2) is 0 Å². The van der Waals surface area contributed by atoms with E-state index in [1.165, 1.54) is 11.3 Å². The van der Waals surface area contributed by atoms with E-state index < -0.39 is 0 Å². The van der Waals surface area contributed by atoms with E-state index in [0.717, 1.165) is 35.9 Å². The molecule has 0 bridgehead atoms. The smallest absolute Gasteiger partial charge is 0.264 e. The molecule has 1 aliphatic rings. The molecule has 0 N–H and O–H groups in total. The van der Waals surface area contributed by atoms with Crippen molar-refractivity contribution in [1.82, 2.24) is 4.90 Å². The van der Waals surface area contributed by atoms with Crippen molar-refractivity contribution in [2.75, 3.05) is 18.8 Å². The van der Waals surface area contributed by atoms with Crippen LogP contribution < -0.4 is 0 Å². The average molecular weight is 328 g/mol. The number of thioether (sulfide) groups is 1. The lowest BCUT2D eigenvalue weighted by molar-refractivity contribution is 0.0771. The van der Waals surface area contributed by atoms with Crippen LogP contribution in [-0.2, 0) is 0 Å². The lowest BCUT2D eigenvalue weighted by atomic mass is 10.2. The summed E-state index contributed by atoms with van der Waals surface area (Å²) in [6, 6.07) is 7.50. The van der Waals surface area contributed by atoms with Gasteiger partial charge in [-0.1, -0.05) is 11.6 Å². The highest BCUT2D eigenvalue weighted by Crippen LogP contribution is 2.35. The average Bonchev–Trinajstić information content (AvgIpc) is 3.05. The van der Waals surface area contributed by atoms with Crippen LogP contribution in [-0.4, -0.2) is 29.6 Å². The molecule has 1 atom stereocenters. The van der Waals surface area contributed by atoms with Crippen molar-refractivity contribution >= 4 is 40.6 Å². The van der Waals surface area contributed by atoms with Crippen molar-refractivity contribution in [3.05, 3.63) is 45.5 Å². The van der Waals surface area contributed by atoms with Crippen LogP contribution >= 0.6 is 34.7 Å². The molecule has 3 rings (SSSR count). The number of carbonyl (C=O) groups excluding carboxylic acids is 1. The largest absolute Gasteiger partial charge is 0.468 e. The third-order valence-electron chi connectivity index (χ3n) is 3.27. The molecule has 1 saturated heterocycles. The number of rotatable bonds is 2. The summed E-state index contributed by atoms with van der Waals surface area (Å²) in [6.07, 6.45) is 2.63. The Morgan fingerprint density at radius 1 is 1.35 bits per heavy atom. The van der Waals surface area contributed by atoms with Crippen LogP contribution in [0.4, 0.5) is 0 Å². The molecule has 3 nitrogen and oxygen atoms in total. The number of halogens is 1. The summed E-state index contributed by atoms with van der Waals surface area (Å²) in [7, 11) is 0. The van der Waals surface area contributed by atoms with Crippen LogP contribution in [0.1, 0.15) is 27.1 Å². The Morgan fingerprint density at radius 2 is 2.25 bits per heavy atom. The third kappa shape index (κ3) is 3.05. The van der Waals surface area contributed by atoms with E-state index in [0.29, 0.717) is 9.59 Å². The number of nitrogens with zero attached hydrogens (tertiary/aromatic N) is 1. The highest BCUT2D eigenvalue weighted by atomic mass is 35.5. The maximum Gasteiger partial charge on any atom is 0.264 e. The number of hydrogen-bond donors (Lipinski definition) is 0. The molecule has 3 heterocycles. The second-order valence-electron chi connectivity index (χ2n) is 4.56. The summed E-state index contributed by atoms with van der Waals surface area (Å²) >= 11 is 9.09. The fraction of sp³-hybridized carbons (Fsp3) is 0.357. The monoisotopic (exact) mass is 327 g/mol. The quantitative estimate of drug-likeness (QED) is 0.824. The van der Waals surface area contributed by atoms with Gasteiger partial charge in [-0.05, 0) is 30.7 Å². The summed E-state index contributed by atoms with van der Waals surface area (Å²) in [5, 5.41) is 0.342. The fourth-order valence-corrected chi connectivity index (χ4v) is 4.45. The molecule has 2 aromatic heterocycles. The second-order valence-corrected chi connectivity index (χ2v) is 7.59. The number of hydrogen-bond acceptors (Lipinski definition) is 4. The van der Waals surface area contributed by atoms with E-state index in [-0.39, 0.29) is 5.91 Å². The van der Waals surface area contributed by atoms with Crippen molar-refractivity contribution in [3.8, 4) is 0 Å². The van der Waals surface area contributed by atoms with Crippen molar-refractivity contribution in [1.29, 1.82) is 0 Å². The van der Waals surface area contributed by atoms with Gasteiger partial charge < -0.3 is 9.32 Å². The van der Waals surface area contributed by atoms with E-state index in [1.54, 1.807) is 18.4 Å². The molecule has 0 spiro atoms. The Balaban J connectivity index is 1.66. The first-order valence-electron chi connectivity index (χ1n) is 6.43. The number of furan rings is 1. The zero-order valence-electron chi connectivity index (χ0n) is 10.8. The topological polar surface area (TPSA) is 33.5 Å². The minimum absolute atomic E-state index is 0.0857. The molecule has 20 heavy (non-hydrogen) atoms. The van der Waals surface area contributed by atoms with Gasteiger partial charge in [-0.3, -0.25) is 4.79 Å². The van der Waals surface area contributed by atoms with Gasteiger partial charge in [0.1, 0.15) is 5.76 Å². The number of amides is 1. The van der Waals surface area contributed by atoms with Gasteiger partial charge in [-0.2, -0.15) is 0 Å². The van der Waals surface area contributed by atoms with Crippen LogP contribution in [0.15, 0.2) is 34.9 Å². The molecule has 0 radical (unpaired) electrons. The van der Waals surface area contributed by atoms with Gasteiger partial charge in [0, 0.05) is 18.8 Å². The van der Waals surface area contributed by atoms with Gasteiger partial charge in [-0.15, -0.1) is 23.1 Å². The summed E-state index contributed by atoms with van der Waals surface area (Å²) in [5.74, 6) is 2.02. The third-order valence-corrected chi connectivity index (χ3v) is 5.78. The molecular weight excluding hydrogens is 314 g/mol. The van der Waals surface area contributed by atoms with Crippen LogP contribution in [0, 0.1) is 0 Å². The van der Waals surface area contributed by atoms with Crippen molar-refractivity contribution < 1.29 is 9.21 Å². The fourth-order valence-electron chi connectivity index (χ4n) is 2.26. The molecule has 0 unspecified atom stereocenters. The first-order chi connectivity index (χ1) is 9.74. The molecule has 1 aliphatic heterocycles. The standard InChI is InChI=1S/C14H14ClNO2S2/c15-13-4-3-12(20-13)14(17)16-6-5-11(19-9-7-16)10-2-1-8-18-10/h1-4,8,11H,5-7,9H2/t11-/m1/s1. The number of carbonyl (C=O) groups is 1. The summed E-state index contributed by atoms with van der Waals surface area (Å²) in [6.45, 7) is 1.53. The summed E-state index contributed by atoms with van der Waals surface area (Å²) in [4.78, 5) is 15.0. The van der Waals surface area contributed by atoms with Crippen molar-refractivity contribution in [3.63, 3.8) is 0 Å². The van der Waals surface area contributed by atoms with E-state index in [2.05, 4.69) is 0 Å². The van der Waals surface area contributed by atoms with E-state index >= 15 is 0 Å². The predicted molar refractivity (Wildman–Crippen MR) is 83.8 cm³/mol. The normalized spacial score (nSPS) is 19.9. The van der Waals surface area contributed by atoms with Crippen LogP contribution in [0.5, 0.6) is 0 Å². The molecule has 0 aromatic carbocycles. The Hall–Kier alpha value is -0.910. The molecule has 1 amide bonds. The highest BCUT2D eigenvalue weighted by Gasteiger charge is 2.24. The zero-order chi connectivity index (χ0) is 13.9. The first kappa shape index (κ1) is 14.0. The molecule has 6 heteroatoms. The molecule has 106 valence electrons. The molecular formula is C14H14ClNO2S2. The lowest BCUT2D eigenvalue weighted by Gasteiger charge is -2.19. The second kappa shape index (κ2) is 6.24. The summed E-state index contributed by atoms with van der Waals surface area (Å²) in [5.41, 5.74) is 0. The molecule has 0 aliphatic carbocycles. The first-order valence-corrected chi connectivity index (χ1v) is 8.68. The minimum Gasteiger partial charge on any atom is -0.468 e. The van der Waals surface area contributed by atoms with E-state index in [9.17, 15) is 4.79 Å². The van der Waals surface area contributed by atoms with E-state index in [1.807, 2.05) is 28.8 Å². The SMILES string of the molecule is O=C(c1ccc(Cl)s1)N1CCS[C@@H](c2ccco2)CC1. The van der Waals surface area contributed by atoms with Crippen LogP contribution in [0.2, 0.25) is 4.34 Å². The van der Waals surface area contributed by atoms with Gasteiger partial charge >= 0.3 is 0 Å². The van der Waals surface area contributed by atoms with Crippen molar-refractivity contribution in [2.24, 2.45) is 0 Å². The van der Waals surface area contributed by atoms with Gasteiger partial charge in [0.2, 0.25) is 0 Å². The molecule has 2 aromatic rings. The van der Waals surface area contributed by atoms with Crippen LogP contribution in [0.25, 0.3) is 0 Å². The molecule has 0 saturated carbocycles. The van der Waals surface area contributed by atoms with Gasteiger partial charge in [-0.25, -0.2) is 0 Å².